The molecule has 0 bridgehead atoms. The second-order valence-electron chi connectivity index (χ2n) is 6.57. The number of carbonyl (C=O) groups excluding carboxylic acids is 1. The van der Waals surface area contributed by atoms with E-state index in [-0.39, 0.29) is 17.4 Å². The molecule has 1 aromatic carbocycles. The lowest BCUT2D eigenvalue weighted by molar-refractivity contribution is -0.119. The highest BCUT2D eigenvalue weighted by molar-refractivity contribution is 7.91. The van der Waals surface area contributed by atoms with E-state index >= 15 is 0 Å². The molecule has 0 unspecified atom stereocenters. The summed E-state index contributed by atoms with van der Waals surface area (Å²) in [5.74, 6) is 0.135. The molecule has 3 aliphatic rings. The van der Waals surface area contributed by atoms with Crippen LogP contribution in [0, 0.1) is 5.92 Å². The largest absolute Gasteiger partial charge is 0.448 e. The summed E-state index contributed by atoms with van der Waals surface area (Å²) in [6.45, 7) is 0. The number of hydrogen-bond acceptors (Lipinski definition) is 5. The minimum atomic E-state index is -3.06. The summed E-state index contributed by atoms with van der Waals surface area (Å²) >= 11 is 0. The molecule has 0 aromatic heterocycles. The third kappa shape index (κ3) is 2.78. The molecule has 2 aliphatic heterocycles. The van der Waals surface area contributed by atoms with Crippen LogP contribution in [0.5, 0.6) is 11.5 Å². The van der Waals surface area contributed by atoms with Crippen LogP contribution in [0.4, 0.5) is 5.69 Å². The second-order valence-corrected chi connectivity index (χ2v) is 8.80. The van der Waals surface area contributed by atoms with Gasteiger partial charge in [-0.15, -0.1) is 0 Å². The third-order valence-electron chi connectivity index (χ3n) is 4.77. The van der Waals surface area contributed by atoms with Gasteiger partial charge in [-0.05, 0) is 31.4 Å². The topological polar surface area (TPSA) is 81.7 Å². The Balaban J connectivity index is 1.47. The van der Waals surface area contributed by atoms with Crippen molar-refractivity contribution >= 4 is 21.4 Å². The van der Waals surface area contributed by atoms with E-state index in [0.29, 0.717) is 23.6 Å². The zero-order valence-corrected chi connectivity index (χ0v) is 13.5. The molecule has 1 spiro atoms. The number of amides is 1. The van der Waals surface area contributed by atoms with Crippen LogP contribution in [-0.2, 0) is 14.6 Å². The van der Waals surface area contributed by atoms with Gasteiger partial charge in [0.05, 0.1) is 17.4 Å². The number of carbonyl (C=O) groups is 1. The number of nitrogens with one attached hydrogen (secondary N) is 1. The average molecular weight is 337 g/mol. The zero-order valence-electron chi connectivity index (χ0n) is 12.7. The molecule has 1 atom stereocenters. The SMILES string of the molecule is O=C(Nc1ccc2c(c1)OC1(CCCC1)O2)[C@@H]1CCS(=O)(=O)C1. The molecule has 4 rings (SSSR count). The first-order valence-corrected chi connectivity index (χ1v) is 9.80. The van der Waals surface area contributed by atoms with Crippen LogP contribution in [0.3, 0.4) is 0 Å². The molecule has 1 aromatic rings. The highest BCUT2D eigenvalue weighted by atomic mass is 32.2. The van der Waals surface area contributed by atoms with Crippen LogP contribution >= 0.6 is 0 Å². The van der Waals surface area contributed by atoms with Gasteiger partial charge in [0.15, 0.2) is 21.3 Å². The molecule has 1 N–H and O–H groups in total. The number of rotatable bonds is 2. The fourth-order valence-corrected chi connectivity index (χ4v) is 5.28. The number of ether oxygens (including phenoxy) is 2. The Kier molecular flexibility index (Phi) is 3.30. The summed E-state index contributed by atoms with van der Waals surface area (Å²) in [5.41, 5.74) is 0.608. The summed E-state index contributed by atoms with van der Waals surface area (Å²) in [6.07, 6.45) is 4.33. The van der Waals surface area contributed by atoms with Crippen LogP contribution in [0.15, 0.2) is 18.2 Å². The lowest BCUT2D eigenvalue weighted by Crippen LogP contribution is -2.34. The van der Waals surface area contributed by atoms with Crippen molar-refractivity contribution < 1.29 is 22.7 Å². The summed E-state index contributed by atoms with van der Waals surface area (Å²) in [7, 11) is -3.06. The van der Waals surface area contributed by atoms with Crippen LogP contribution in [0.25, 0.3) is 0 Å². The first kappa shape index (κ1) is 14.8. The van der Waals surface area contributed by atoms with E-state index in [1.165, 1.54) is 0 Å². The Morgan fingerprint density at radius 2 is 1.91 bits per heavy atom. The van der Waals surface area contributed by atoms with Gasteiger partial charge >= 0.3 is 0 Å². The fourth-order valence-electron chi connectivity index (χ4n) is 3.54. The normalized spacial score (nSPS) is 26.5. The molecule has 124 valence electrons. The van der Waals surface area contributed by atoms with Gasteiger partial charge in [-0.25, -0.2) is 8.42 Å². The van der Waals surface area contributed by atoms with Gasteiger partial charge < -0.3 is 14.8 Å². The van der Waals surface area contributed by atoms with Gasteiger partial charge in [0.25, 0.3) is 5.79 Å². The first-order valence-electron chi connectivity index (χ1n) is 7.98. The maximum Gasteiger partial charge on any atom is 0.251 e. The van der Waals surface area contributed by atoms with E-state index in [9.17, 15) is 13.2 Å². The van der Waals surface area contributed by atoms with E-state index < -0.39 is 21.5 Å². The molecular formula is C16H19NO5S. The zero-order chi connectivity index (χ0) is 16.1. The van der Waals surface area contributed by atoms with Gasteiger partial charge in [0, 0.05) is 24.6 Å². The van der Waals surface area contributed by atoms with Gasteiger partial charge in [-0.2, -0.15) is 0 Å². The molecule has 2 heterocycles. The predicted molar refractivity (Wildman–Crippen MR) is 84.3 cm³/mol. The molecule has 0 radical (unpaired) electrons. The number of hydrogen-bond donors (Lipinski definition) is 1. The van der Waals surface area contributed by atoms with E-state index in [0.717, 1.165) is 25.7 Å². The molecule has 6 nitrogen and oxygen atoms in total. The van der Waals surface area contributed by atoms with Crippen molar-refractivity contribution in [2.75, 3.05) is 16.8 Å². The van der Waals surface area contributed by atoms with Crippen LogP contribution in [0.1, 0.15) is 32.1 Å². The summed E-state index contributed by atoms with van der Waals surface area (Å²) in [4.78, 5) is 12.2. The van der Waals surface area contributed by atoms with Crippen LogP contribution in [-0.4, -0.2) is 31.6 Å². The fraction of sp³-hybridized carbons (Fsp3) is 0.562. The monoisotopic (exact) mass is 337 g/mol. The van der Waals surface area contributed by atoms with Crippen LogP contribution < -0.4 is 14.8 Å². The Morgan fingerprint density at radius 1 is 1.17 bits per heavy atom. The molecule has 1 amide bonds. The second kappa shape index (κ2) is 5.12. The quantitative estimate of drug-likeness (QED) is 0.894. The van der Waals surface area contributed by atoms with Crippen molar-refractivity contribution in [2.45, 2.75) is 37.9 Å². The Hall–Kier alpha value is -1.76. The first-order chi connectivity index (χ1) is 10.9. The van der Waals surface area contributed by atoms with Crippen molar-refractivity contribution in [1.82, 2.24) is 0 Å². The number of anilines is 1. The lowest BCUT2D eigenvalue weighted by atomic mass is 10.1. The highest BCUT2D eigenvalue weighted by Gasteiger charge is 2.44. The van der Waals surface area contributed by atoms with Crippen molar-refractivity contribution in [3.8, 4) is 11.5 Å². The maximum atomic E-state index is 12.2. The summed E-state index contributed by atoms with van der Waals surface area (Å²) in [6, 6.07) is 5.31. The summed E-state index contributed by atoms with van der Waals surface area (Å²) in [5, 5.41) is 2.79. The minimum absolute atomic E-state index is 0.0630. The van der Waals surface area contributed by atoms with Gasteiger partial charge in [0.2, 0.25) is 5.91 Å². The van der Waals surface area contributed by atoms with E-state index in [1.54, 1.807) is 18.2 Å². The predicted octanol–water partition coefficient (Wildman–Crippen LogP) is 2.10. The number of benzene rings is 1. The number of sulfone groups is 1. The highest BCUT2D eigenvalue weighted by Crippen LogP contribution is 2.47. The maximum absolute atomic E-state index is 12.2. The molecule has 2 fully saturated rings. The van der Waals surface area contributed by atoms with Crippen molar-refractivity contribution in [2.24, 2.45) is 5.92 Å². The van der Waals surface area contributed by atoms with Gasteiger partial charge in [-0.3, -0.25) is 4.79 Å². The Bertz CT molecular complexity index is 752. The molecule has 7 heteroatoms. The van der Waals surface area contributed by atoms with E-state index in [2.05, 4.69) is 5.32 Å². The van der Waals surface area contributed by atoms with Gasteiger partial charge in [0.1, 0.15) is 0 Å². The Morgan fingerprint density at radius 3 is 2.61 bits per heavy atom. The lowest BCUT2D eigenvalue weighted by Gasteiger charge is -2.21. The standard InChI is InChI=1S/C16H19NO5S/c18-15(11-5-8-23(19,20)10-11)17-12-3-4-13-14(9-12)22-16(21-13)6-1-2-7-16/h3-4,9,11H,1-2,5-8,10H2,(H,17,18)/t11-/m1/s1. The average Bonchev–Trinajstić information content (AvgIpc) is 3.18. The van der Waals surface area contributed by atoms with Gasteiger partial charge in [-0.1, -0.05) is 0 Å². The molecule has 1 saturated carbocycles. The molecule has 1 aliphatic carbocycles. The molecule has 1 saturated heterocycles. The smallest absolute Gasteiger partial charge is 0.251 e. The third-order valence-corrected chi connectivity index (χ3v) is 6.54. The summed E-state index contributed by atoms with van der Waals surface area (Å²) < 4.78 is 34.9. The van der Waals surface area contributed by atoms with Crippen molar-refractivity contribution in [3.63, 3.8) is 0 Å². The minimum Gasteiger partial charge on any atom is -0.448 e. The molecule has 23 heavy (non-hydrogen) atoms. The van der Waals surface area contributed by atoms with Crippen LogP contribution in [0.2, 0.25) is 0 Å². The Labute approximate surface area is 135 Å². The van der Waals surface area contributed by atoms with Crippen molar-refractivity contribution in [1.29, 1.82) is 0 Å². The van der Waals surface area contributed by atoms with E-state index in [1.807, 2.05) is 0 Å². The number of fused-ring (bicyclic) bond motifs is 1. The van der Waals surface area contributed by atoms with E-state index in [4.69, 9.17) is 9.47 Å². The van der Waals surface area contributed by atoms with Crippen molar-refractivity contribution in [3.05, 3.63) is 18.2 Å². The molecular weight excluding hydrogens is 318 g/mol.